The number of halogens is 1. The second kappa shape index (κ2) is 11.5. The van der Waals surface area contributed by atoms with E-state index in [4.69, 9.17) is 16.3 Å². The summed E-state index contributed by atoms with van der Waals surface area (Å²) in [7, 11) is 0. The summed E-state index contributed by atoms with van der Waals surface area (Å²) in [5.74, 6) is 0.458. The van der Waals surface area contributed by atoms with Gasteiger partial charge >= 0.3 is 0 Å². The van der Waals surface area contributed by atoms with Crippen LogP contribution in [0.5, 0.6) is 5.75 Å². The number of rotatable bonds is 10. The zero-order valence-electron chi connectivity index (χ0n) is 18.0. The normalized spacial score (nSPS) is 11.7. The molecule has 162 valence electrons. The van der Waals surface area contributed by atoms with Gasteiger partial charge in [0, 0.05) is 28.9 Å². The summed E-state index contributed by atoms with van der Waals surface area (Å²) in [6.07, 6.45) is 2.05. The standard InChI is InChI=1S/C26H29ClN2O2/c1-19-8-13-24(14-9-19)29-26(30)18-31-25-15-12-23(27)16-22(25)17-28-20(2)10-11-21-6-4-3-5-7-21/h3-9,12-16,20,28H,10-11,17-18H2,1-2H3,(H,29,30). The van der Waals surface area contributed by atoms with Crippen molar-refractivity contribution in [3.63, 3.8) is 0 Å². The first-order valence-corrected chi connectivity index (χ1v) is 10.9. The van der Waals surface area contributed by atoms with Crippen LogP contribution in [0.3, 0.4) is 0 Å². The van der Waals surface area contributed by atoms with Gasteiger partial charge in [0.2, 0.25) is 0 Å². The largest absolute Gasteiger partial charge is 0.483 e. The molecular weight excluding hydrogens is 408 g/mol. The second-order valence-electron chi connectivity index (χ2n) is 7.76. The summed E-state index contributed by atoms with van der Waals surface area (Å²) in [6, 6.07) is 23.9. The van der Waals surface area contributed by atoms with Gasteiger partial charge < -0.3 is 15.4 Å². The quantitative estimate of drug-likeness (QED) is 0.423. The summed E-state index contributed by atoms with van der Waals surface area (Å²) in [5.41, 5.74) is 4.17. The molecule has 3 rings (SSSR count). The van der Waals surface area contributed by atoms with E-state index in [-0.39, 0.29) is 12.5 Å². The van der Waals surface area contributed by atoms with Gasteiger partial charge in [0.05, 0.1) is 0 Å². The van der Waals surface area contributed by atoms with E-state index in [1.807, 2.05) is 49.4 Å². The zero-order valence-corrected chi connectivity index (χ0v) is 18.8. The van der Waals surface area contributed by atoms with E-state index in [0.29, 0.717) is 23.4 Å². The predicted molar refractivity (Wildman–Crippen MR) is 128 cm³/mol. The Bertz CT molecular complexity index is 974. The van der Waals surface area contributed by atoms with Crippen LogP contribution >= 0.6 is 11.6 Å². The van der Waals surface area contributed by atoms with Gasteiger partial charge in [-0.2, -0.15) is 0 Å². The summed E-state index contributed by atoms with van der Waals surface area (Å²) >= 11 is 6.19. The van der Waals surface area contributed by atoms with E-state index in [2.05, 4.69) is 41.8 Å². The average Bonchev–Trinajstić information content (AvgIpc) is 2.78. The van der Waals surface area contributed by atoms with Crippen molar-refractivity contribution < 1.29 is 9.53 Å². The van der Waals surface area contributed by atoms with Gasteiger partial charge in [-0.3, -0.25) is 4.79 Å². The highest BCUT2D eigenvalue weighted by molar-refractivity contribution is 6.30. The number of amides is 1. The molecule has 5 heteroatoms. The van der Waals surface area contributed by atoms with Crippen molar-refractivity contribution in [1.29, 1.82) is 0 Å². The van der Waals surface area contributed by atoms with Gasteiger partial charge in [0.25, 0.3) is 5.91 Å². The zero-order chi connectivity index (χ0) is 22.1. The topological polar surface area (TPSA) is 50.4 Å². The van der Waals surface area contributed by atoms with Gasteiger partial charge in [-0.05, 0) is 62.6 Å². The van der Waals surface area contributed by atoms with Gasteiger partial charge in [0.1, 0.15) is 5.75 Å². The molecule has 0 saturated heterocycles. The summed E-state index contributed by atoms with van der Waals surface area (Å²) in [5, 5.41) is 7.02. The molecule has 0 radical (unpaired) electrons. The molecular formula is C26H29ClN2O2. The molecule has 0 fully saturated rings. The minimum absolute atomic E-state index is 0.0634. The van der Waals surface area contributed by atoms with E-state index in [9.17, 15) is 4.79 Å². The van der Waals surface area contributed by atoms with Gasteiger partial charge in [-0.1, -0.05) is 59.6 Å². The van der Waals surface area contributed by atoms with Crippen LogP contribution in [0.25, 0.3) is 0 Å². The number of hydrogen-bond donors (Lipinski definition) is 2. The first kappa shape index (κ1) is 22.9. The Morgan fingerprint density at radius 1 is 1.03 bits per heavy atom. The number of carbonyl (C=O) groups excluding carboxylic acids is 1. The molecule has 0 saturated carbocycles. The van der Waals surface area contributed by atoms with Crippen molar-refractivity contribution in [2.45, 2.75) is 39.3 Å². The number of aryl methyl sites for hydroxylation is 2. The van der Waals surface area contributed by atoms with E-state index in [1.54, 1.807) is 6.07 Å². The molecule has 0 bridgehead atoms. The van der Waals surface area contributed by atoms with E-state index in [1.165, 1.54) is 5.56 Å². The number of ether oxygens (including phenoxy) is 1. The Balaban J connectivity index is 1.51. The molecule has 0 aromatic heterocycles. The molecule has 31 heavy (non-hydrogen) atoms. The molecule has 3 aromatic carbocycles. The maximum absolute atomic E-state index is 12.3. The van der Waals surface area contributed by atoms with Crippen LogP contribution in [-0.2, 0) is 17.8 Å². The Morgan fingerprint density at radius 3 is 2.52 bits per heavy atom. The van der Waals surface area contributed by atoms with Crippen LogP contribution in [0, 0.1) is 6.92 Å². The van der Waals surface area contributed by atoms with Crippen molar-refractivity contribution in [2.24, 2.45) is 0 Å². The number of carbonyl (C=O) groups is 1. The molecule has 1 amide bonds. The lowest BCUT2D eigenvalue weighted by Crippen LogP contribution is -2.26. The lowest BCUT2D eigenvalue weighted by Gasteiger charge is -2.17. The highest BCUT2D eigenvalue weighted by Gasteiger charge is 2.10. The van der Waals surface area contributed by atoms with Crippen LogP contribution in [0.4, 0.5) is 5.69 Å². The Kier molecular flexibility index (Phi) is 8.51. The van der Waals surface area contributed by atoms with Crippen LogP contribution in [0.1, 0.15) is 30.0 Å². The van der Waals surface area contributed by atoms with Crippen molar-refractivity contribution in [3.05, 3.63) is 94.5 Å². The summed E-state index contributed by atoms with van der Waals surface area (Å²) in [4.78, 5) is 12.3. The van der Waals surface area contributed by atoms with Gasteiger partial charge in [-0.15, -0.1) is 0 Å². The molecule has 0 aliphatic rings. The highest BCUT2D eigenvalue weighted by atomic mass is 35.5. The van der Waals surface area contributed by atoms with Crippen LogP contribution in [0.15, 0.2) is 72.8 Å². The molecule has 1 atom stereocenters. The summed E-state index contributed by atoms with van der Waals surface area (Å²) < 4.78 is 5.80. The smallest absolute Gasteiger partial charge is 0.262 e. The number of anilines is 1. The monoisotopic (exact) mass is 436 g/mol. The first-order valence-electron chi connectivity index (χ1n) is 10.5. The lowest BCUT2D eigenvalue weighted by molar-refractivity contribution is -0.118. The fourth-order valence-electron chi connectivity index (χ4n) is 3.22. The third-order valence-electron chi connectivity index (χ3n) is 5.07. The van der Waals surface area contributed by atoms with Crippen molar-refractivity contribution in [3.8, 4) is 5.75 Å². The second-order valence-corrected chi connectivity index (χ2v) is 8.20. The Labute approximate surface area is 189 Å². The fourth-order valence-corrected chi connectivity index (χ4v) is 3.41. The minimum Gasteiger partial charge on any atom is -0.483 e. The molecule has 1 unspecified atom stereocenters. The average molecular weight is 437 g/mol. The van der Waals surface area contributed by atoms with Crippen LogP contribution < -0.4 is 15.4 Å². The van der Waals surface area contributed by atoms with Crippen molar-refractivity contribution >= 4 is 23.2 Å². The molecule has 0 heterocycles. The van der Waals surface area contributed by atoms with E-state index >= 15 is 0 Å². The summed E-state index contributed by atoms with van der Waals surface area (Å²) in [6.45, 7) is 4.73. The van der Waals surface area contributed by atoms with Crippen LogP contribution in [-0.4, -0.2) is 18.6 Å². The predicted octanol–water partition coefficient (Wildman–Crippen LogP) is 5.78. The number of hydrogen-bond acceptors (Lipinski definition) is 3. The highest BCUT2D eigenvalue weighted by Crippen LogP contribution is 2.23. The molecule has 3 aromatic rings. The molecule has 0 aliphatic carbocycles. The van der Waals surface area contributed by atoms with Gasteiger partial charge in [-0.25, -0.2) is 0 Å². The SMILES string of the molecule is Cc1ccc(NC(=O)COc2ccc(Cl)cc2CNC(C)CCc2ccccc2)cc1. The fraction of sp³-hybridized carbons (Fsp3) is 0.269. The van der Waals surface area contributed by atoms with Crippen LogP contribution in [0.2, 0.25) is 5.02 Å². The van der Waals surface area contributed by atoms with E-state index in [0.717, 1.165) is 29.7 Å². The molecule has 0 spiro atoms. The Hall–Kier alpha value is -2.82. The van der Waals surface area contributed by atoms with Crippen molar-refractivity contribution in [2.75, 3.05) is 11.9 Å². The third-order valence-corrected chi connectivity index (χ3v) is 5.30. The third kappa shape index (κ3) is 7.74. The lowest BCUT2D eigenvalue weighted by atomic mass is 10.1. The molecule has 2 N–H and O–H groups in total. The number of benzene rings is 3. The maximum atomic E-state index is 12.3. The van der Waals surface area contributed by atoms with Gasteiger partial charge in [0.15, 0.2) is 6.61 Å². The van der Waals surface area contributed by atoms with E-state index < -0.39 is 0 Å². The first-order chi connectivity index (χ1) is 15.0. The molecule has 0 aliphatic heterocycles. The minimum atomic E-state index is -0.200. The van der Waals surface area contributed by atoms with Crippen molar-refractivity contribution in [1.82, 2.24) is 5.32 Å². The number of nitrogens with one attached hydrogen (secondary N) is 2. The molecule has 4 nitrogen and oxygen atoms in total. The Morgan fingerprint density at radius 2 is 1.77 bits per heavy atom. The maximum Gasteiger partial charge on any atom is 0.262 e.